The highest BCUT2D eigenvalue weighted by Crippen LogP contribution is 2.30. The summed E-state index contributed by atoms with van der Waals surface area (Å²) >= 11 is 0. The summed E-state index contributed by atoms with van der Waals surface area (Å²) in [4.78, 5) is 84.7. The maximum atomic E-state index is 11.2. The Balaban J connectivity index is 0.000000159. The van der Waals surface area contributed by atoms with Crippen molar-refractivity contribution in [2.75, 3.05) is 0 Å². The molecule has 0 saturated heterocycles. The topological polar surface area (TPSA) is 275 Å². The van der Waals surface area contributed by atoms with Crippen LogP contribution in [0.25, 0.3) is 43.6 Å². The Morgan fingerprint density at radius 3 is 0.635 bits per heavy atom. The van der Waals surface area contributed by atoms with Gasteiger partial charge in [-0.2, -0.15) is 0 Å². The zero-order chi connectivity index (χ0) is 37.7. The fourth-order valence-corrected chi connectivity index (χ4v) is 5.39. The molecule has 0 radical (unpaired) electrons. The van der Waals surface area contributed by atoms with E-state index in [4.69, 9.17) is 30.6 Å². The van der Waals surface area contributed by atoms with Gasteiger partial charge in [0.15, 0.2) is 0 Å². The number of carbonyl (C=O) groups is 6. The zero-order valence-electron chi connectivity index (χ0n) is 26.2. The highest BCUT2D eigenvalue weighted by atomic mass is 16.4. The third-order valence-electron chi connectivity index (χ3n) is 7.47. The lowest BCUT2D eigenvalue weighted by atomic mass is 9.86. The van der Waals surface area contributed by atoms with Crippen LogP contribution in [0, 0.1) is 0 Å². The summed E-state index contributed by atoms with van der Waals surface area (Å²) in [5, 5.41) is 58.7. The molecular formula is C36H22N4O12. The Labute approximate surface area is 289 Å². The zero-order valence-corrected chi connectivity index (χ0v) is 26.2. The first kappa shape index (κ1) is 35.4. The number of pyridine rings is 4. The molecule has 0 aliphatic heterocycles. The predicted octanol–water partition coefficient (Wildman–Crippen LogP) is 5.44. The minimum Gasteiger partial charge on any atom is -0.478 e. The number of aromatic carboxylic acids is 6. The van der Waals surface area contributed by atoms with E-state index < -0.39 is 69.2 Å². The Bertz CT molecular complexity index is 2200. The van der Waals surface area contributed by atoms with E-state index in [-0.39, 0.29) is 0 Å². The molecule has 4 heterocycles. The molecule has 0 amide bonds. The molecule has 258 valence electrons. The molecular weight excluding hydrogens is 680 g/mol. The van der Waals surface area contributed by atoms with Crippen LogP contribution in [0.5, 0.6) is 0 Å². The molecule has 52 heavy (non-hydrogen) atoms. The predicted molar refractivity (Wildman–Crippen MR) is 182 cm³/mol. The van der Waals surface area contributed by atoms with Gasteiger partial charge in [0, 0.05) is 46.3 Å². The molecule has 3 aromatic carbocycles. The van der Waals surface area contributed by atoms with Gasteiger partial charge in [0.2, 0.25) is 0 Å². The quantitative estimate of drug-likeness (QED) is 0.118. The molecule has 0 aliphatic rings. The van der Waals surface area contributed by atoms with Crippen LogP contribution in [0.15, 0.2) is 97.6 Å². The molecule has 6 N–H and O–H groups in total. The fraction of sp³-hybridized carbons (Fsp3) is 0. The first-order chi connectivity index (χ1) is 24.8. The summed E-state index contributed by atoms with van der Waals surface area (Å²) < 4.78 is 0. The maximum Gasteiger partial charge on any atom is 0.337 e. The minimum atomic E-state index is -2.26. The number of carboxylic acids is 6. The number of fused-ring (bicyclic) bond motifs is 6. The van der Waals surface area contributed by atoms with E-state index in [0.717, 1.165) is 43.6 Å². The standard InChI is InChI=1S/2C12H8N2.C12H6O12/c2*1-3-9-5-6-10-4-2-8-14-12(10)11(9)13-7-1;13-7(14)1-2(8(15)16)4(10(19)20)6(12(23)24)5(11(21)22)3(1)9(17)18/h2*1-8H;(H,13,14)(H,15,16)(H,17,18)(H,19,20)(H,21,22)(H,23,24). The number of rotatable bonds is 6. The van der Waals surface area contributed by atoms with Crippen LogP contribution in [-0.2, 0) is 0 Å². The molecule has 16 heteroatoms. The first-order valence-electron chi connectivity index (χ1n) is 14.6. The molecule has 0 bridgehead atoms. The van der Waals surface area contributed by atoms with Gasteiger partial charge in [-0.25, -0.2) is 28.8 Å². The molecule has 7 aromatic rings. The summed E-state index contributed by atoms with van der Waals surface area (Å²) in [6, 6.07) is 24.3. The van der Waals surface area contributed by atoms with Crippen molar-refractivity contribution in [1.82, 2.24) is 19.9 Å². The van der Waals surface area contributed by atoms with Gasteiger partial charge >= 0.3 is 35.8 Å². The Kier molecular flexibility index (Phi) is 10.0. The second-order valence-electron chi connectivity index (χ2n) is 10.5. The van der Waals surface area contributed by atoms with Gasteiger partial charge in [-0.05, 0) is 24.3 Å². The largest absolute Gasteiger partial charge is 0.478 e. The third kappa shape index (κ3) is 6.83. The van der Waals surface area contributed by atoms with Crippen LogP contribution in [0.4, 0.5) is 0 Å². The van der Waals surface area contributed by atoms with Crippen LogP contribution in [0.2, 0.25) is 0 Å². The number of hydrogen-bond donors (Lipinski definition) is 6. The number of aromatic nitrogens is 4. The molecule has 7 rings (SSSR count). The summed E-state index contributed by atoms with van der Waals surface area (Å²) in [7, 11) is 0. The van der Waals surface area contributed by atoms with E-state index >= 15 is 0 Å². The molecule has 0 spiro atoms. The van der Waals surface area contributed by atoms with Gasteiger partial charge in [-0.15, -0.1) is 0 Å². The number of carboxylic acid groups (broad SMARTS) is 6. The SMILES string of the molecule is O=C(O)c1c(C(=O)O)c(C(=O)O)c(C(=O)O)c(C(=O)O)c1C(=O)O.c1cnc2c(c1)ccc1cccnc12.c1cnc2c(c1)ccc1cccnc12. The van der Waals surface area contributed by atoms with Crippen LogP contribution >= 0.6 is 0 Å². The van der Waals surface area contributed by atoms with Gasteiger partial charge in [-0.1, -0.05) is 48.5 Å². The van der Waals surface area contributed by atoms with Gasteiger partial charge < -0.3 is 30.6 Å². The summed E-state index contributed by atoms with van der Waals surface area (Å²) in [5.41, 5.74) is -6.04. The van der Waals surface area contributed by atoms with Crippen molar-refractivity contribution in [1.29, 1.82) is 0 Å². The third-order valence-corrected chi connectivity index (χ3v) is 7.47. The molecule has 0 aliphatic carbocycles. The fourth-order valence-electron chi connectivity index (χ4n) is 5.39. The number of hydrogen-bond acceptors (Lipinski definition) is 10. The Hall–Kier alpha value is -7.88. The number of benzene rings is 3. The lowest BCUT2D eigenvalue weighted by Gasteiger charge is -2.15. The van der Waals surface area contributed by atoms with Crippen molar-refractivity contribution in [3.63, 3.8) is 0 Å². The normalized spacial score (nSPS) is 10.5. The van der Waals surface area contributed by atoms with E-state index in [1.54, 1.807) is 24.8 Å². The highest BCUT2D eigenvalue weighted by Gasteiger charge is 2.40. The van der Waals surface area contributed by atoms with Crippen molar-refractivity contribution in [2.45, 2.75) is 0 Å². The molecule has 0 fully saturated rings. The average molecular weight is 703 g/mol. The Morgan fingerprint density at radius 2 is 0.481 bits per heavy atom. The minimum absolute atomic E-state index is 0.977. The highest BCUT2D eigenvalue weighted by molar-refractivity contribution is 6.23. The number of nitrogens with zero attached hydrogens (tertiary/aromatic N) is 4. The monoisotopic (exact) mass is 702 g/mol. The summed E-state index contributed by atoms with van der Waals surface area (Å²) in [5.74, 6) is -13.5. The van der Waals surface area contributed by atoms with Crippen LogP contribution in [-0.4, -0.2) is 86.4 Å². The molecule has 0 atom stereocenters. The van der Waals surface area contributed by atoms with E-state index in [2.05, 4.69) is 68.5 Å². The van der Waals surface area contributed by atoms with E-state index in [1.807, 2.05) is 24.3 Å². The molecule has 0 unspecified atom stereocenters. The summed E-state index contributed by atoms with van der Waals surface area (Å²) in [6.45, 7) is 0. The van der Waals surface area contributed by atoms with E-state index in [1.165, 1.54) is 0 Å². The van der Waals surface area contributed by atoms with Crippen molar-refractivity contribution < 1.29 is 59.4 Å². The average Bonchev–Trinajstić information content (AvgIpc) is 3.13. The maximum absolute atomic E-state index is 11.2. The van der Waals surface area contributed by atoms with Crippen molar-refractivity contribution in [3.8, 4) is 0 Å². The van der Waals surface area contributed by atoms with Gasteiger partial charge in [0.05, 0.1) is 55.4 Å². The van der Waals surface area contributed by atoms with Crippen molar-refractivity contribution in [3.05, 3.63) is 131 Å². The van der Waals surface area contributed by atoms with Crippen LogP contribution < -0.4 is 0 Å². The smallest absolute Gasteiger partial charge is 0.337 e. The van der Waals surface area contributed by atoms with Gasteiger partial charge in [0.1, 0.15) is 0 Å². The lowest BCUT2D eigenvalue weighted by Crippen LogP contribution is -2.27. The van der Waals surface area contributed by atoms with Crippen LogP contribution in [0.3, 0.4) is 0 Å². The first-order valence-corrected chi connectivity index (χ1v) is 14.6. The molecule has 0 saturated carbocycles. The molecule has 16 nitrogen and oxygen atoms in total. The van der Waals surface area contributed by atoms with E-state index in [9.17, 15) is 28.8 Å². The summed E-state index contributed by atoms with van der Waals surface area (Å²) in [6.07, 6.45) is 7.21. The van der Waals surface area contributed by atoms with Crippen molar-refractivity contribution in [2.24, 2.45) is 0 Å². The lowest BCUT2D eigenvalue weighted by molar-refractivity contribution is 0.0592. The van der Waals surface area contributed by atoms with Crippen LogP contribution in [0.1, 0.15) is 62.1 Å². The van der Waals surface area contributed by atoms with E-state index in [0.29, 0.717) is 0 Å². The van der Waals surface area contributed by atoms with Gasteiger partial charge in [0.25, 0.3) is 0 Å². The van der Waals surface area contributed by atoms with Gasteiger partial charge in [-0.3, -0.25) is 19.9 Å². The van der Waals surface area contributed by atoms with Crippen molar-refractivity contribution >= 4 is 79.4 Å². The Morgan fingerprint density at radius 1 is 0.308 bits per heavy atom. The second kappa shape index (κ2) is 14.7. The second-order valence-corrected chi connectivity index (χ2v) is 10.5. The molecule has 4 aromatic heterocycles.